The fourth-order valence-electron chi connectivity index (χ4n) is 1.56. The summed E-state index contributed by atoms with van der Waals surface area (Å²) >= 11 is 3.33. The monoisotopic (exact) mass is 265 g/mol. The second-order valence-electron chi connectivity index (χ2n) is 3.20. The van der Waals surface area contributed by atoms with Gasteiger partial charge in [-0.2, -0.15) is 0 Å². The number of halogens is 1. The first-order chi connectivity index (χ1) is 7.09. The van der Waals surface area contributed by atoms with Crippen molar-refractivity contribution in [1.29, 1.82) is 0 Å². The Bertz CT molecular complexity index is 552. The SMILES string of the molecule is Nc1ccc2cc(Br)ccc2c1C(=O)O. The molecule has 0 aliphatic carbocycles. The van der Waals surface area contributed by atoms with Crippen LogP contribution in [0.2, 0.25) is 0 Å². The second-order valence-corrected chi connectivity index (χ2v) is 4.12. The Morgan fingerprint density at radius 3 is 2.67 bits per heavy atom. The predicted molar refractivity (Wildman–Crippen MR) is 63.0 cm³/mol. The number of carboxylic acid groups (broad SMARTS) is 1. The van der Waals surface area contributed by atoms with E-state index in [1.807, 2.05) is 12.1 Å². The van der Waals surface area contributed by atoms with Crippen molar-refractivity contribution in [2.45, 2.75) is 0 Å². The molecule has 2 rings (SSSR count). The van der Waals surface area contributed by atoms with E-state index < -0.39 is 5.97 Å². The molecule has 0 unspecified atom stereocenters. The molecule has 0 heterocycles. The molecule has 0 saturated carbocycles. The Morgan fingerprint density at radius 2 is 2.00 bits per heavy atom. The van der Waals surface area contributed by atoms with Gasteiger partial charge in [0, 0.05) is 10.2 Å². The lowest BCUT2D eigenvalue weighted by Crippen LogP contribution is -2.03. The van der Waals surface area contributed by atoms with Crippen LogP contribution >= 0.6 is 15.9 Å². The highest BCUT2D eigenvalue weighted by Gasteiger charge is 2.12. The van der Waals surface area contributed by atoms with Crippen LogP contribution in [0.25, 0.3) is 10.8 Å². The highest BCUT2D eigenvalue weighted by Crippen LogP contribution is 2.26. The third-order valence-corrected chi connectivity index (χ3v) is 2.72. The molecule has 0 amide bonds. The summed E-state index contributed by atoms with van der Waals surface area (Å²) in [6, 6.07) is 8.83. The molecule has 0 spiro atoms. The van der Waals surface area contributed by atoms with Gasteiger partial charge in [0.15, 0.2) is 0 Å². The summed E-state index contributed by atoms with van der Waals surface area (Å²) in [5.74, 6) is -1.000. The molecule has 3 nitrogen and oxygen atoms in total. The minimum atomic E-state index is -1.000. The lowest BCUT2D eigenvalue weighted by molar-refractivity contribution is 0.0700. The first kappa shape index (κ1) is 9.98. The summed E-state index contributed by atoms with van der Waals surface area (Å²) in [5.41, 5.74) is 6.09. The summed E-state index contributed by atoms with van der Waals surface area (Å²) < 4.78 is 0.913. The molecular formula is C11H8BrNO2. The number of nitrogen functional groups attached to an aromatic ring is 1. The Labute approximate surface area is 94.6 Å². The summed E-state index contributed by atoms with van der Waals surface area (Å²) in [6.45, 7) is 0. The number of aromatic carboxylic acids is 1. The maximum absolute atomic E-state index is 11.0. The van der Waals surface area contributed by atoms with Crippen molar-refractivity contribution < 1.29 is 9.90 Å². The molecule has 3 N–H and O–H groups in total. The van der Waals surface area contributed by atoms with Crippen molar-refractivity contribution in [1.82, 2.24) is 0 Å². The van der Waals surface area contributed by atoms with Gasteiger partial charge in [0.05, 0.1) is 5.56 Å². The van der Waals surface area contributed by atoms with Gasteiger partial charge in [-0.05, 0) is 29.0 Å². The molecule has 2 aromatic carbocycles. The van der Waals surface area contributed by atoms with Crippen LogP contribution in [0, 0.1) is 0 Å². The molecule has 15 heavy (non-hydrogen) atoms. The van der Waals surface area contributed by atoms with Crippen LogP contribution in [0.1, 0.15) is 10.4 Å². The number of fused-ring (bicyclic) bond motifs is 1. The standard InChI is InChI=1S/C11H8BrNO2/c12-7-2-3-8-6(5-7)1-4-9(13)10(8)11(14)15/h1-5H,13H2,(H,14,15). The van der Waals surface area contributed by atoms with E-state index in [1.54, 1.807) is 18.2 Å². The number of anilines is 1. The van der Waals surface area contributed by atoms with E-state index in [0.717, 1.165) is 9.86 Å². The Hall–Kier alpha value is -1.55. The van der Waals surface area contributed by atoms with Crippen LogP contribution < -0.4 is 5.73 Å². The van der Waals surface area contributed by atoms with E-state index in [0.29, 0.717) is 5.39 Å². The Balaban J connectivity index is 2.88. The summed E-state index contributed by atoms with van der Waals surface area (Å²) in [5, 5.41) is 10.6. The fraction of sp³-hybridized carbons (Fsp3) is 0. The van der Waals surface area contributed by atoms with Crippen molar-refractivity contribution in [2.75, 3.05) is 5.73 Å². The first-order valence-corrected chi connectivity index (χ1v) is 5.10. The fourth-order valence-corrected chi connectivity index (χ4v) is 1.94. The number of carboxylic acids is 1. The number of carbonyl (C=O) groups is 1. The molecule has 0 radical (unpaired) electrons. The largest absolute Gasteiger partial charge is 0.478 e. The van der Waals surface area contributed by atoms with Gasteiger partial charge in [-0.15, -0.1) is 0 Å². The zero-order valence-electron chi connectivity index (χ0n) is 7.70. The zero-order chi connectivity index (χ0) is 11.0. The molecule has 0 fully saturated rings. The van der Waals surface area contributed by atoms with Gasteiger partial charge in [0.2, 0.25) is 0 Å². The molecular weight excluding hydrogens is 258 g/mol. The van der Waals surface area contributed by atoms with Crippen molar-refractivity contribution >= 4 is 38.4 Å². The molecule has 0 atom stereocenters. The van der Waals surface area contributed by atoms with Gasteiger partial charge >= 0.3 is 5.97 Å². The van der Waals surface area contributed by atoms with Crippen LogP contribution in [0.15, 0.2) is 34.8 Å². The van der Waals surface area contributed by atoms with Crippen molar-refractivity contribution in [2.24, 2.45) is 0 Å². The lowest BCUT2D eigenvalue weighted by Gasteiger charge is -2.06. The number of hydrogen-bond acceptors (Lipinski definition) is 2. The third-order valence-electron chi connectivity index (χ3n) is 2.23. The van der Waals surface area contributed by atoms with Gasteiger partial charge in [-0.1, -0.05) is 28.1 Å². The van der Waals surface area contributed by atoms with Gasteiger partial charge in [-0.25, -0.2) is 4.79 Å². The van der Waals surface area contributed by atoms with Crippen molar-refractivity contribution in [3.8, 4) is 0 Å². The van der Waals surface area contributed by atoms with E-state index >= 15 is 0 Å². The van der Waals surface area contributed by atoms with Crippen molar-refractivity contribution in [3.05, 3.63) is 40.4 Å². The number of rotatable bonds is 1. The molecule has 76 valence electrons. The highest BCUT2D eigenvalue weighted by molar-refractivity contribution is 9.10. The molecule has 2 aromatic rings. The third kappa shape index (κ3) is 1.68. The van der Waals surface area contributed by atoms with E-state index in [1.165, 1.54) is 0 Å². The van der Waals surface area contributed by atoms with Gasteiger partial charge in [0.25, 0.3) is 0 Å². The Morgan fingerprint density at radius 1 is 1.27 bits per heavy atom. The average molecular weight is 266 g/mol. The quantitative estimate of drug-likeness (QED) is 0.780. The maximum Gasteiger partial charge on any atom is 0.338 e. The smallest absolute Gasteiger partial charge is 0.338 e. The average Bonchev–Trinajstić information content (AvgIpc) is 2.17. The van der Waals surface area contributed by atoms with Crippen LogP contribution in [-0.2, 0) is 0 Å². The first-order valence-electron chi connectivity index (χ1n) is 4.30. The molecule has 4 heteroatoms. The zero-order valence-corrected chi connectivity index (χ0v) is 9.28. The predicted octanol–water partition coefficient (Wildman–Crippen LogP) is 2.88. The van der Waals surface area contributed by atoms with Gasteiger partial charge < -0.3 is 10.8 Å². The number of benzene rings is 2. The van der Waals surface area contributed by atoms with Crippen molar-refractivity contribution in [3.63, 3.8) is 0 Å². The van der Waals surface area contributed by atoms with E-state index in [4.69, 9.17) is 10.8 Å². The maximum atomic E-state index is 11.0. The number of nitrogens with two attached hydrogens (primary N) is 1. The summed E-state index contributed by atoms with van der Waals surface area (Å²) in [6.07, 6.45) is 0. The van der Waals surface area contributed by atoms with E-state index in [2.05, 4.69) is 15.9 Å². The van der Waals surface area contributed by atoms with Gasteiger partial charge in [0.1, 0.15) is 0 Å². The molecule has 0 aliphatic rings. The molecule has 0 saturated heterocycles. The Kier molecular flexibility index (Phi) is 2.36. The normalized spacial score (nSPS) is 10.5. The topological polar surface area (TPSA) is 63.3 Å². The lowest BCUT2D eigenvalue weighted by atomic mass is 10.0. The summed E-state index contributed by atoms with van der Waals surface area (Å²) in [4.78, 5) is 11.0. The van der Waals surface area contributed by atoms with Gasteiger partial charge in [-0.3, -0.25) is 0 Å². The van der Waals surface area contributed by atoms with E-state index in [-0.39, 0.29) is 11.3 Å². The molecule has 0 bridgehead atoms. The number of hydrogen-bond donors (Lipinski definition) is 2. The van der Waals surface area contributed by atoms with Crippen LogP contribution in [0.3, 0.4) is 0 Å². The van der Waals surface area contributed by atoms with Crippen LogP contribution in [-0.4, -0.2) is 11.1 Å². The van der Waals surface area contributed by atoms with Crippen LogP contribution in [0.5, 0.6) is 0 Å². The molecule has 0 aliphatic heterocycles. The highest BCUT2D eigenvalue weighted by atomic mass is 79.9. The van der Waals surface area contributed by atoms with E-state index in [9.17, 15) is 4.79 Å². The second kappa shape index (κ2) is 3.55. The minimum absolute atomic E-state index is 0.167. The summed E-state index contributed by atoms with van der Waals surface area (Å²) in [7, 11) is 0. The molecule has 0 aromatic heterocycles. The minimum Gasteiger partial charge on any atom is -0.478 e. The van der Waals surface area contributed by atoms with Crippen LogP contribution in [0.4, 0.5) is 5.69 Å².